The molecule has 0 unspecified atom stereocenters. The third kappa shape index (κ3) is 1.72. The molecular formula is C8H10N2O2. The lowest BCUT2D eigenvalue weighted by Gasteiger charge is -2.01. The molecule has 0 aromatic carbocycles. The van der Waals surface area contributed by atoms with E-state index in [-0.39, 0.29) is 0 Å². The molecule has 1 rings (SSSR count). The van der Waals surface area contributed by atoms with Crippen molar-refractivity contribution in [1.29, 1.82) is 0 Å². The van der Waals surface area contributed by atoms with Crippen molar-refractivity contribution in [3.63, 3.8) is 0 Å². The van der Waals surface area contributed by atoms with Gasteiger partial charge in [0.05, 0.1) is 13.3 Å². The van der Waals surface area contributed by atoms with E-state index < -0.39 is 0 Å². The molecule has 4 heteroatoms. The Labute approximate surface area is 70.5 Å². The Kier molecular flexibility index (Phi) is 2.63. The van der Waals surface area contributed by atoms with Crippen LogP contribution in [0.25, 0.3) is 0 Å². The summed E-state index contributed by atoms with van der Waals surface area (Å²) in [6, 6.07) is 1.77. The normalized spacial score (nSPS) is 10.5. The molecule has 0 aliphatic carbocycles. The van der Waals surface area contributed by atoms with E-state index in [4.69, 9.17) is 9.94 Å². The Morgan fingerprint density at radius 1 is 1.67 bits per heavy atom. The molecule has 0 saturated carbocycles. The number of hydrogen-bond acceptors (Lipinski definition) is 4. The van der Waals surface area contributed by atoms with Crippen LogP contribution in [-0.4, -0.2) is 23.5 Å². The van der Waals surface area contributed by atoms with Gasteiger partial charge in [-0.25, -0.2) is 4.98 Å². The van der Waals surface area contributed by atoms with Crippen LogP contribution < -0.4 is 4.74 Å². The number of oxime groups is 1. The minimum atomic E-state index is 0.558. The van der Waals surface area contributed by atoms with Gasteiger partial charge in [0, 0.05) is 17.8 Å². The minimum absolute atomic E-state index is 0.558. The Hall–Kier alpha value is -1.58. The first-order valence-corrected chi connectivity index (χ1v) is 3.46. The Balaban J connectivity index is 3.03. The van der Waals surface area contributed by atoms with E-state index in [1.807, 2.05) is 6.92 Å². The molecule has 12 heavy (non-hydrogen) atoms. The van der Waals surface area contributed by atoms with Gasteiger partial charge in [-0.1, -0.05) is 5.16 Å². The predicted molar refractivity (Wildman–Crippen MR) is 44.9 cm³/mol. The largest absolute Gasteiger partial charge is 0.481 e. The smallest absolute Gasteiger partial charge is 0.213 e. The van der Waals surface area contributed by atoms with Crippen LogP contribution in [0.5, 0.6) is 5.88 Å². The summed E-state index contributed by atoms with van der Waals surface area (Å²) < 4.78 is 4.91. The maximum atomic E-state index is 8.28. The lowest BCUT2D eigenvalue weighted by atomic mass is 10.2. The second-order valence-electron chi connectivity index (χ2n) is 2.33. The summed E-state index contributed by atoms with van der Waals surface area (Å²) in [5.74, 6) is 0.558. The van der Waals surface area contributed by atoms with Crippen molar-refractivity contribution < 1.29 is 9.94 Å². The molecule has 64 valence electrons. The molecule has 0 radical (unpaired) electrons. The Bertz CT molecular complexity index is 297. The summed E-state index contributed by atoms with van der Waals surface area (Å²) in [4.78, 5) is 3.95. The van der Waals surface area contributed by atoms with Gasteiger partial charge in [0.15, 0.2) is 0 Å². The zero-order valence-electron chi connectivity index (χ0n) is 6.98. The number of ether oxygens (including phenoxy) is 1. The number of nitrogens with zero attached hydrogens (tertiary/aromatic N) is 2. The van der Waals surface area contributed by atoms with Crippen LogP contribution in [0, 0.1) is 6.92 Å². The van der Waals surface area contributed by atoms with Gasteiger partial charge in [-0.05, 0) is 12.5 Å². The molecule has 0 aliphatic rings. The SMILES string of the molecule is COc1cc(C)c(C=NO)cn1. The van der Waals surface area contributed by atoms with Crippen molar-refractivity contribution >= 4 is 6.21 Å². The van der Waals surface area contributed by atoms with Gasteiger partial charge in [0.2, 0.25) is 5.88 Å². The molecule has 1 N–H and O–H groups in total. The van der Waals surface area contributed by atoms with Gasteiger partial charge in [-0.2, -0.15) is 0 Å². The molecular weight excluding hydrogens is 156 g/mol. The fourth-order valence-corrected chi connectivity index (χ4v) is 0.850. The first kappa shape index (κ1) is 8.52. The second kappa shape index (κ2) is 3.71. The van der Waals surface area contributed by atoms with Gasteiger partial charge < -0.3 is 9.94 Å². The maximum absolute atomic E-state index is 8.28. The van der Waals surface area contributed by atoms with Crippen molar-refractivity contribution in [2.24, 2.45) is 5.16 Å². The van der Waals surface area contributed by atoms with E-state index >= 15 is 0 Å². The second-order valence-corrected chi connectivity index (χ2v) is 2.33. The molecule has 1 aromatic rings. The number of hydrogen-bond donors (Lipinski definition) is 1. The monoisotopic (exact) mass is 166 g/mol. The zero-order valence-corrected chi connectivity index (χ0v) is 6.98. The fraction of sp³-hybridized carbons (Fsp3) is 0.250. The highest BCUT2D eigenvalue weighted by Crippen LogP contribution is 2.11. The summed E-state index contributed by atoms with van der Waals surface area (Å²) in [5.41, 5.74) is 1.73. The Morgan fingerprint density at radius 3 is 2.92 bits per heavy atom. The van der Waals surface area contributed by atoms with Crippen LogP contribution in [-0.2, 0) is 0 Å². The van der Waals surface area contributed by atoms with Crippen molar-refractivity contribution in [2.75, 3.05) is 7.11 Å². The molecule has 0 amide bonds. The average molecular weight is 166 g/mol. The molecule has 0 aliphatic heterocycles. The molecule has 0 atom stereocenters. The lowest BCUT2D eigenvalue weighted by molar-refractivity contribution is 0.322. The van der Waals surface area contributed by atoms with Crippen LogP contribution in [0.4, 0.5) is 0 Å². The number of pyridine rings is 1. The summed E-state index contributed by atoms with van der Waals surface area (Å²) in [6.07, 6.45) is 2.93. The minimum Gasteiger partial charge on any atom is -0.481 e. The summed E-state index contributed by atoms with van der Waals surface area (Å²) in [6.45, 7) is 1.89. The van der Waals surface area contributed by atoms with E-state index in [1.165, 1.54) is 6.21 Å². The first-order chi connectivity index (χ1) is 5.77. The van der Waals surface area contributed by atoms with E-state index in [0.29, 0.717) is 5.88 Å². The number of aromatic nitrogens is 1. The van der Waals surface area contributed by atoms with Crippen molar-refractivity contribution in [3.8, 4) is 5.88 Å². The van der Waals surface area contributed by atoms with E-state index in [0.717, 1.165) is 11.1 Å². The van der Waals surface area contributed by atoms with Crippen LogP contribution in [0.3, 0.4) is 0 Å². The zero-order chi connectivity index (χ0) is 8.97. The highest BCUT2D eigenvalue weighted by Gasteiger charge is 1.98. The molecule has 0 bridgehead atoms. The topological polar surface area (TPSA) is 54.7 Å². The van der Waals surface area contributed by atoms with Crippen LogP contribution in [0.2, 0.25) is 0 Å². The first-order valence-electron chi connectivity index (χ1n) is 3.46. The van der Waals surface area contributed by atoms with Gasteiger partial charge in [-0.15, -0.1) is 0 Å². The third-order valence-corrected chi connectivity index (χ3v) is 1.53. The van der Waals surface area contributed by atoms with Crippen molar-refractivity contribution in [1.82, 2.24) is 4.98 Å². The molecule has 0 spiro atoms. The standard InChI is InChI=1S/C8H10N2O2/c1-6-3-8(12-2)9-4-7(6)5-10-11/h3-5,11H,1-2H3. The summed E-state index contributed by atoms with van der Waals surface area (Å²) in [5, 5.41) is 11.2. The number of methoxy groups -OCH3 is 1. The van der Waals surface area contributed by atoms with Crippen molar-refractivity contribution in [2.45, 2.75) is 6.92 Å². The number of aryl methyl sites for hydroxylation is 1. The maximum Gasteiger partial charge on any atom is 0.213 e. The molecule has 0 fully saturated rings. The highest BCUT2D eigenvalue weighted by molar-refractivity contribution is 5.80. The quantitative estimate of drug-likeness (QED) is 0.408. The highest BCUT2D eigenvalue weighted by atomic mass is 16.5. The molecule has 1 heterocycles. The van der Waals surface area contributed by atoms with E-state index in [1.54, 1.807) is 19.4 Å². The Morgan fingerprint density at radius 2 is 2.42 bits per heavy atom. The van der Waals surface area contributed by atoms with Gasteiger partial charge >= 0.3 is 0 Å². The van der Waals surface area contributed by atoms with Gasteiger partial charge in [0.1, 0.15) is 0 Å². The number of rotatable bonds is 2. The molecule has 1 aromatic heterocycles. The predicted octanol–water partition coefficient (Wildman–Crippen LogP) is 1.21. The van der Waals surface area contributed by atoms with Crippen LogP contribution in [0.15, 0.2) is 17.4 Å². The summed E-state index contributed by atoms with van der Waals surface area (Å²) in [7, 11) is 1.56. The van der Waals surface area contributed by atoms with E-state index in [2.05, 4.69) is 10.1 Å². The average Bonchev–Trinajstić information content (AvgIpc) is 2.09. The van der Waals surface area contributed by atoms with Crippen LogP contribution >= 0.6 is 0 Å². The van der Waals surface area contributed by atoms with E-state index in [9.17, 15) is 0 Å². The lowest BCUT2D eigenvalue weighted by Crippen LogP contribution is -1.92. The molecule has 4 nitrogen and oxygen atoms in total. The van der Waals surface area contributed by atoms with Gasteiger partial charge in [0.25, 0.3) is 0 Å². The molecule has 0 saturated heterocycles. The van der Waals surface area contributed by atoms with Gasteiger partial charge in [-0.3, -0.25) is 0 Å². The fourth-order valence-electron chi connectivity index (χ4n) is 0.850. The van der Waals surface area contributed by atoms with Crippen LogP contribution in [0.1, 0.15) is 11.1 Å². The van der Waals surface area contributed by atoms with Crippen molar-refractivity contribution in [3.05, 3.63) is 23.4 Å². The third-order valence-electron chi connectivity index (χ3n) is 1.53. The summed E-state index contributed by atoms with van der Waals surface area (Å²) >= 11 is 0.